The van der Waals surface area contributed by atoms with Crippen molar-refractivity contribution in [2.45, 2.75) is 26.3 Å². The molecule has 4 heterocycles. The van der Waals surface area contributed by atoms with Crippen LogP contribution in [0.5, 0.6) is 0 Å². The zero-order chi connectivity index (χ0) is 21.2. The van der Waals surface area contributed by atoms with Crippen LogP contribution < -0.4 is 10.2 Å². The van der Waals surface area contributed by atoms with Crippen molar-refractivity contribution in [3.8, 4) is 11.4 Å². The molecule has 8 nitrogen and oxygen atoms in total. The molecule has 4 aromatic rings. The second-order valence-electron chi connectivity index (χ2n) is 7.91. The molecule has 1 amide bonds. The average Bonchev–Trinajstić information content (AvgIpc) is 3.48. The van der Waals surface area contributed by atoms with E-state index >= 15 is 0 Å². The average molecular weight is 416 g/mol. The van der Waals surface area contributed by atoms with Gasteiger partial charge in [0.2, 0.25) is 5.91 Å². The van der Waals surface area contributed by atoms with E-state index in [1.165, 1.54) is 5.56 Å². The minimum absolute atomic E-state index is 0.00738. The first-order valence-electron chi connectivity index (χ1n) is 10.5. The normalized spacial score (nSPS) is 14.8. The number of aryl methyl sites for hydroxylation is 1. The molecule has 1 saturated heterocycles. The number of nitrogens with one attached hydrogen (secondary N) is 1. The molecule has 5 rings (SSSR count). The quantitative estimate of drug-likeness (QED) is 0.537. The third-order valence-corrected chi connectivity index (χ3v) is 5.77. The van der Waals surface area contributed by atoms with Crippen LogP contribution in [0.2, 0.25) is 0 Å². The molecule has 1 N–H and O–H groups in total. The van der Waals surface area contributed by atoms with Crippen molar-refractivity contribution in [1.82, 2.24) is 25.1 Å². The standard InChI is InChI=1S/C23H24N6O2/c1-16-4-6-17(7-5-16)22-26-25-20-8-9-21(27-29(20)22)28-12-10-18(11-13-28)23(30)24-15-19-3-2-14-31-19/h2-9,14,18H,10-13,15H2,1H3,(H,24,30). The fourth-order valence-electron chi connectivity index (χ4n) is 3.93. The largest absolute Gasteiger partial charge is 0.467 e. The third-order valence-electron chi connectivity index (χ3n) is 5.77. The van der Waals surface area contributed by atoms with Crippen LogP contribution in [0, 0.1) is 12.8 Å². The Hall–Kier alpha value is -3.68. The van der Waals surface area contributed by atoms with Crippen LogP contribution in [-0.4, -0.2) is 38.8 Å². The smallest absolute Gasteiger partial charge is 0.223 e. The van der Waals surface area contributed by atoms with E-state index in [1.807, 2.05) is 36.4 Å². The lowest BCUT2D eigenvalue weighted by molar-refractivity contribution is -0.125. The monoisotopic (exact) mass is 416 g/mol. The predicted octanol–water partition coefficient (Wildman–Crippen LogP) is 3.23. The Balaban J connectivity index is 1.27. The van der Waals surface area contributed by atoms with Crippen LogP contribution in [-0.2, 0) is 11.3 Å². The van der Waals surface area contributed by atoms with Gasteiger partial charge in [0.15, 0.2) is 11.5 Å². The van der Waals surface area contributed by atoms with E-state index in [9.17, 15) is 4.79 Å². The van der Waals surface area contributed by atoms with E-state index in [2.05, 4.69) is 39.5 Å². The van der Waals surface area contributed by atoms with Crippen molar-refractivity contribution in [2.24, 2.45) is 5.92 Å². The number of benzene rings is 1. The summed E-state index contributed by atoms with van der Waals surface area (Å²) in [6.45, 7) is 4.04. The van der Waals surface area contributed by atoms with Crippen LogP contribution >= 0.6 is 0 Å². The van der Waals surface area contributed by atoms with E-state index in [-0.39, 0.29) is 11.8 Å². The number of hydrogen-bond acceptors (Lipinski definition) is 6. The summed E-state index contributed by atoms with van der Waals surface area (Å²) < 4.78 is 7.07. The zero-order valence-electron chi connectivity index (χ0n) is 17.4. The number of aromatic nitrogens is 4. The van der Waals surface area contributed by atoms with Gasteiger partial charge in [-0.2, -0.15) is 4.52 Å². The molecule has 1 aliphatic rings. The molecule has 0 radical (unpaired) electrons. The summed E-state index contributed by atoms with van der Waals surface area (Å²) in [6, 6.07) is 15.8. The van der Waals surface area contributed by atoms with Gasteiger partial charge in [0.05, 0.1) is 12.8 Å². The molecule has 1 aromatic carbocycles. The summed E-state index contributed by atoms with van der Waals surface area (Å²) in [4.78, 5) is 14.7. The highest BCUT2D eigenvalue weighted by atomic mass is 16.3. The van der Waals surface area contributed by atoms with E-state index in [4.69, 9.17) is 9.52 Å². The van der Waals surface area contributed by atoms with Crippen molar-refractivity contribution in [1.29, 1.82) is 0 Å². The molecule has 31 heavy (non-hydrogen) atoms. The zero-order valence-corrected chi connectivity index (χ0v) is 17.4. The van der Waals surface area contributed by atoms with Gasteiger partial charge in [-0.25, -0.2) is 0 Å². The van der Waals surface area contributed by atoms with E-state index in [0.717, 1.165) is 48.9 Å². The lowest BCUT2D eigenvalue weighted by Crippen LogP contribution is -2.40. The number of carbonyl (C=O) groups is 1. The lowest BCUT2D eigenvalue weighted by atomic mass is 9.96. The molecule has 8 heteroatoms. The molecular formula is C23H24N6O2. The summed E-state index contributed by atoms with van der Waals surface area (Å²) in [5.74, 6) is 2.45. The fourth-order valence-corrected chi connectivity index (χ4v) is 3.93. The van der Waals surface area contributed by atoms with E-state index < -0.39 is 0 Å². The first-order valence-corrected chi connectivity index (χ1v) is 10.5. The van der Waals surface area contributed by atoms with E-state index in [1.54, 1.807) is 10.8 Å². The SMILES string of the molecule is Cc1ccc(-c2nnc3ccc(N4CCC(C(=O)NCc5ccco5)CC4)nn23)cc1. The molecule has 0 bridgehead atoms. The Morgan fingerprint density at radius 3 is 2.65 bits per heavy atom. The minimum Gasteiger partial charge on any atom is -0.467 e. The maximum absolute atomic E-state index is 12.5. The Morgan fingerprint density at radius 2 is 1.90 bits per heavy atom. The number of piperidine rings is 1. The van der Waals surface area contributed by atoms with Crippen molar-refractivity contribution in [2.75, 3.05) is 18.0 Å². The second kappa shape index (κ2) is 8.22. The number of hydrogen-bond donors (Lipinski definition) is 1. The summed E-state index contributed by atoms with van der Waals surface area (Å²) >= 11 is 0. The first kappa shape index (κ1) is 19.3. The summed E-state index contributed by atoms with van der Waals surface area (Å²) in [6.07, 6.45) is 3.19. The van der Waals surface area contributed by atoms with Gasteiger partial charge in [-0.15, -0.1) is 15.3 Å². The number of carbonyl (C=O) groups excluding carboxylic acids is 1. The Labute approximate surface area is 179 Å². The van der Waals surface area contributed by atoms with Gasteiger partial charge >= 0.3 is 0 Å². The summed E-state index contributed by atoms with van der Waals surface area (Å²) in [5, 5.41) is 16.4. The molecule has 0 unspecified atom stereocenters. The van der Waals surface area contributed by atoms with Crippen molar-refractivity contribution >= 4 is 17.4 Å². The van der Waals surface area contributed by atoms with Gasteiger partial charge in [0, 0.05) is 24.6 Å². The van der Waals surface area contributed by atoms with Gasteiger partial charge in [-0.3, -0.25) is 4.79 Å². The Morgan fingerprint density at radius 1 is 1.10 bits per heavy atom. The van der Waals surface area contributed by atoms with E-state index in [0.29, 0.717) is 12.2 Å². The van der Waals surface area contributed by atoms with Crippen molar-refractivity contribution < 1.29 is 9.21 Å². The Bertz CT molecular complexity index is 1170. The predicted molar refractivity (Wildman–Crippen MR) is 116 cm³/mol. The van der Waals surface area contributed by atoms with Crippen LogP contribution in [0.4, 0.5) is 5.82 Å². The third kappa shape index (κ3) is 4.01. The number of fused-ring (bicyclic) bond motifs is 1. The topological polar surface area (TPSA) is 88.6 Å². The molecular weight excluding hydrogens is 392 g/mol. The maximum Gasteiger partial charge on any atom is 0.223 e. The molecule has 1 fully saturated rings. The van der Waals surface area contributed by atoms with Gasteiger partial charge < -0.3 is 14.6 Å². The number of anilines is 1. The number of nitrogens with zero attached hydrogens (tertiary/aromatic N) is 5. The van der Waals surface area contributed by atoms with Gasteiger partial charge in [-0.1, -0.05) is 29.8 Å². The molecule has 0 spiro atoms. The highest BCUT2D eigenvalue weighted by Crippen LogP contribution is 2.24. The van der Waals surface area contributed by atoms with Crippen LogP contribution in [0.15, 0.2) is 59.2 Å². The Kier molecular flexibility index (Phi) is 5.11. The minimum atomic E-state index is 0.00738. The summed E-state index contributed by atoms with van der Waals surface area (Å²) in [7, 11) is 0. The lowest BCUT2D eigenvalue weighted by Gasteiger charge is -2.32. The van der Waals surface area contributed by atoms with Gasteiger partial charge in [0.25, 0.3) is 0 Å². The first-order chi connectivity index (χ1) is 15.2. The molecule has 0 atom stereocenters. The van der Waals surface area contributed by atoms with Gasteiger partial charge in [0.1, 0.15) is 11.6 Å². The van der Waals surface area contributed by atoms with Gasteiger partial charge in [-0.05, 0) is 44.0 Å². The summed E-state index contributed by atoms with van der Waals surface area (Å²) in [5.41, 5.74) is 2.89. The number of rotatable bonds is 5. The van der Waals surface area contributed by atoms with Crippen molar-refractivity contribution in [3.63, 3.8) is 0 Å². The van der Waals surface area contributed by atoms with Crippen LogP contribution in [0.1, 0.15) is 24.2 Å². The van der Waals surface area contributed by atoms with Crippen molar-refractivity contribution in [3.05, 3.63) is 66.1 Å². The number of amides is 1. The maximum atomic E-state index is 12.5. The highest BCUT2D eigenvalue weighted by molar-refractivity contribution is 5.78. The fraction of sp³-hybridized carbons (Fsp3) is 0.304. The second-order valence-corrected chi connectivity index (χ2v) is 7.91. The molecule has 3 aromatic heterocycles. The molecule has 0 saturated carbocycles. The van der Waals surface area contributed by atoms with Crippen LogP contribution in [0.3, 0.4) is 0 Å². The van der Waals surface area contributed by atoms with Crippen LogP contribution in [0.25, 0.3) is 17.0 Å². The number of furan rings is 1. The highest BCUT2D eigenvalue weighted by Gasteiger charge is 2.26. The molecule has 0 aliphatic carbocycles. The molecule has 158 valence electrons. The molecule has 1 aliphatic heterocycles.